The number of ketones is 1. The Bertz CT molecular complexity index is 1060. The molecular formula is C23H31N3O3Si. The molecule has 0 bridgehead atoms. The van der Waals surface area contributed by atoms with Crippen LogP contribution in [-0.4, -0.2) is 40.1 Å². The molecule has 0 saturated carbocycles. The van der Waals surface area contributed by atoms with Crippen molar-refractivity contribution in [3.05, 3.63) is 42.2 Å². The molecule has 1 aromatic carbocycles. The first kappa shape index (κ1) is 22.2. The van der Waals surface area contributed by atoms with Crippen LogP contribution in [0.1, 0.15) is 31.1 Å². The first-order chi connectivity index (χ1) is 14.0. The molecule has 0 aliphatic carbocycles. The normalized spacial score (nSPS) is 12.5. The Morgan fingerprint density at radius 1 is 1.23 bits per heavy atom. The smallest absolute Gasteiger partial charge is 0.171 e. The molecule has 0 radical (unpaired) electrons. The van der Waals surface area contributed by atoms with Crippen LogP contribution in [-0.2, 0) is 11.5 Å². The molecule has 0 aliphatic rings. The zero-order valence-electron chi connectivity index (χ0n) is 18.7. The van der Waals surface area contributed by atoms with Gasteiger partial charge in [-0.05, 0) is 18.2 Å². The van der Waals surface area contributed by atoms with E-state index in [9.17, 15) is 9.90 Å². The van der Waals surface area contributed by atoms with Gasteiger partial charge in [0.25, 0.3) is 0 Å². The third-order valence-electron chi connectivity index (χ3n) is 4.86. The third kappa shape index (κ3) is 5.15. The Balaban J connectivity index is 2.00. The summed E-state index contributed by atoms with van der Waals surface area (Å²) in [7, 11) is -1.17. The Kier molecular flexibility index (Phi) is 6.15. The minimum absolute atomic E-state index is 0.00991. The SMILES string of the molecule is CC(C)(C)C(=O)c1cn(COCC[Si](C)(C)C)c2ncc(-c3cccc(O)c3)nc12. The number of fused-ring (bicyclic) bond motifs is 1. The highest BCUT2D eigenvalue weighted by Gasteiger charge is 2.28. The van der Waals surface area contributed by atoms with Crippen molar-refractivity contribution in [2.75, 3.05) is 6.61 Å². The molecule has 160 valence electrons. The van der Waals surface area contributed by atoms with E-state index in [1.165, 1.54) is 0 Å². The second kappa shape index (κ2) is 8.32. The number of phenols is 1. The Morgan fingerprint density at radius 2 is 1.97 bits per heavy atom. The van der Waals surface area contributed by atoms with Gasteiger partial charge < -0.3 is 14.4 Å². The van der Waals surface area contributed by atoms with Crippen molar-refractivity contribution < 1.29 is 14.6 Å². The van der Waals surface area contributed by atoms with E-state index in [0.29, 0.717) is 35.8 Å². The van der Waals surface area contributed by atoms with E-state index in [1.807, 2.05) is 31.4 Å². The number of carbonyl (C=O) groups is 1. The van der Waals surface area contributed by atoms with E-state index >= 15 is 0 Å². The summed E-state index contributed by atoms with van der Waals surface area (Å²) in [6.45, 7) is 13.7. The van der Waals surface area contributed by atoms with Gasteiger partial charge in [0.1, 0.15) is 18.0 Å². The molecule has 3 aromatic rings. The Labute approximate surface area is 178 Å². The number of phenolic OH excluding ortho intramolecular Hbond substituents is 1. The summed E-state index contributed by atoms with van der Waals surface area (Å²) in [5.41, 5.74) is 2.54. The minimum Gasteiger partial charge on any atom is -0.508 e. The van der Waals surface area contributed by atoms with E-state index in [1.54, 1.807) is 30.6 Å². The highest BCUT2D eigenvalue weighted by Crippen LogP contribution is 2.29. The van der Waals surface area contributed by atoms with Crippen LogP contribution in [0.25, 0.3) is 22.4 Å². The summed E-state index contributed by atoms with van der Waals surface area (Å²) >= 11 is 0. The molecule has 0 unspecified atom stereocenters. The van der Waals surface area contributed by atoms with Gasteiger partial charge >= 0.3 is 0 Å². The number of aromatic hydroxyl groups is 1. The molecular weight excluding hydrogens is 394 g/mol. The summed E-state index contributed by atoms with van der Waals surface area (Å²) < 4.78 is 7.76. The van der Waals surface area contributed by atoms with Crippen molar-refractivity contribution in [2.45, 2.75) is 53.2 Å². The number of hydrogen-bond donors (Lipinski definition) is 1. The van der Waals surface area contributed by atoms with Crippen molar-refractivity contribution in [2.24, 2.45) is 5.41 Å². The number of nitrogens with zero attached hydrogens (tertiary/aromatic N) is 3. The average Bonchev–Trinajstić information content (AvgIpc) is 3.01. The summed E-state index contributed by atoms with van der Waals surface area (Å²) in [5, 5.41) is 9.80. The second-order valence-corrected chi connectivity index (χ2v) is 15.5. The van der Waals surface area contributed by atoms with Crippen LogP contribution in [0.2, 0.25) is 25.7 Å². The fourth-order valence-corrected chi connectivity index (χ4v) is 3.82. The highest BCUT2D eigenvalue weighted by atomic mass is 28.3. The molecule has 0 aliphatic heterocycles. The molecule has 0 saturated heterocycles. The van der Waals surface area contributed by atoms with Gasteiger partial charge in [-0.3, -0.25) is 4.79 Å². The van der Waals surface area contributed by atoms with Gasteiger partial charge in [-0.2, -0.15) is 0 Å². The van der Waals surface area contributed by atoms with E-state index < -0.39 is 13.5 Å². The summed E-state index contributed by atoms with van der Waals surface area (Å²) in [5.74, 6) is 0.171. The lowest BCUT2D eigenvalue weighted by atomic mass is 9.87. The number of Topliss-reactive ketones (excluding diaryl/α,β-unsaturated/α-hetero) is 1. The van der Waals surface area contributed by atoms with Crippen LogP contribution in [0.5, 0.6) is 5.75 Å². The van der Waals surface area contributed by atoms with Gasteiger partial charge in [-0.1, -0.05) is 52.5 Å². The van der Waals surface area contributed by atoms with Gasteiger partial charge in [0.15, 0.2) is 11.4 Å². The maximum atomic E-state index is 13.1. The van der Waals surface area contributed by atoms with Crippen LogP contribution in [0.3, 0.4) is 0 Å². The third-order valence-corrected chi connectivity index (χ3v) is 6.56. The molecule has 0 amide bonds. The lowest BCUT2D eigenvalue weighted by Crippen LogP contribution is -2.22. The first-order valence-electron chi connectivity index (χ1n) is 10.2. The molecule has 6 nitrogen and oxygen atoms in total. The fraction of sp³-hybridized carbons (Fsp3) is 0.435. The quantitative estimate of drug-likeness (QED) is 0.314. The Hall–Kier alpha value is -2.51. The maximum Gasteiger partial charge on any atom is 0.171 e. The van der Waals surface area contributed by atoms with E-state index in [4.69, 9.17) is 9.72 Å². The first-order valence-corrected chi connectivity index (χ1v) is 13.9. The molecule has 0 atom stereocenters. The highest BCUT2D eigenvalue weighted by molar-refractivity contribution is 6.76. The molecule has 2 heterocycles. The fourth-order valence-electron chi connectivity index (χ4n) is 3.07. The van der Waals surface area contributed by atoms with Crippen molar-refractivity contribution in [3.63, 3.8) is 0 Å². The lowest BCUT2D eigenvalue weighted by Gasteiger charge is -2.16. The predicted octanol–water partition coefficient (Wildman–Crippen LogP) is 5.35. The zero-order chi connectivity index (χ0) is 22.1. The molecule has 3 rings (SSSR count). The number of aromatic nitrogens is 3. The maximum absolute atomic E-state index is 13.1. The van der Waals surface area contributed by atoms with E-state index in [-0.39, 0.29) is 11.5 Å². The average molecular weight is 426 g/mol. The number of ether oxygens (including phenoxy) is 1. The van der Waals surface area contributed by atoms with Gasteiger partial charge in [-0.25, -0.2) is 9.97 Å². The van der Waals surface area contributed by atoms with Crippen LogP contribution in [0, 0.1) is 5.41 Å². The minimum atomic E-state index is -1.17. The van der Waals surface area contributed by atoms with Crippen LogP contribution < -0.4 is 0 Å². The number of hydrogen-bond acceptors (Lipinski definition) is 5. The van der Waals surface area contributed by atoms with Crippen LogP contribution in [0.15, 0.2) is 36.7 Å². The summed E-state index contributed by atoms with van der Waals surface area (Å²) in [4.78, 5) is 22.4. The predicted molar refractivity (Wildman–Crippen MR) is 123 cm³/mol. The van der Waals surface area contributed by atoms with Crippen LogP contribution >= 0.6 is 0 Å². The Morgan fingerprint density at radius 3 is 2.60 bits per heavy atom. The molecule has 30 heavy (non-hydrogen) atoms. The second-order valence-electron chi connectivity index (χ2n) is 9.92. The molecule has 0 spiro atoms. The number of carbonyl (C=O) groups excluding carboxylic acids is 1. The standard InChI is InChI=1S/C23H31N3O3Si/c1-23(2,3)21(28)18-14-26(15-29-10-11-30(4,5)6)22-20(18)25-19(13-24-22)16-8-7-9-17(27)12-16/h7-9,12-14,27H,10-11,15H2,1-6H3. The zero-order valence-corrected chi connectivity index (χ0v) is 19.7. The van der Waals surface area contributed by atoms with E-state index in [2.05, 4.69) is 24.6 Å². The monoisotopic (exact) mass is 425 g/mol. The molecule has 0 fully saturated rings. The van der Waals surface area contributed by atoms with Gasteiger partial charge in [-0.15, -0.1) is 0 Å². The summed E-state index contributed by atoms with van der Waals surface area (Å²) in [6.07, 6.45) is 3.47. The van der Waals surface area contributed by atoms with Crippen LogP contribution in [0.4, 0.5) is 0 Å². The topological polar surface area (TPSA) is 77.2 Å². The lowest BCUT2D eigenvalue weighted by molar-refractivity contribution is 0.0849. The van der Waals surface area contributed by atoms with Crippen molar-refractivity contribution >= 4 is 25.0 Å². The van der Waals surface area contributed by atoms with Gasteiger partial charge in [0.2, 0.25) is 0 Å². The van der Waals surface area contributed by atoms with E-state index in [0.717, 1.165) is 11.6 Å². The van der Waals surface area contributed by atoms with Gasteiger partial charge in [0, 0.05) is 31.9 Å². The summed E-state index contributed by atoms with van der Waals surface area (Å²) in [6, 6.07) is 7.94. The molecule has 2 aromatic heterocycles. The van der Waals surface area contributed by atoms with Gasteiger partial charge in [0.05, 0.1) is 17.5 Å². The molecule has 7 heteroatoms. The largest absolute Gasteiger partial charge is 0.508 e. The van der Waals surface area contributed by atoms with Crippen molar-refractivity contribution in [1.29, 1.82) is 0 Å². The molecule has 1 N–H and O–H groups in total. The number of benzene rings is 1. The number of rotatable bonds is 7. The van der Waals surface area contributed by atoms with Crippen molar-refractivity contribution in [1.82, 2.24) is 14.5 Å². The van der Waals surface area contributed by atoms with Crippen molar-refractivity contribution in [3.8, 4) is 17.0 Å².